The van der Waals surface area contributed by atoms with Crippen molar-refractivity contribution in [1.29, 1.82) is 0 Å². The second-order valence-electron chi connectivity index (χ2n) is 14.0. The highest BCUT2D eigenvalue weighted by molar-refractivity contribution is 7.51. The normalized spacial score (nSPS) is 11.7. The van der Waals surface area contributed by atoms with E-state index >= 15 is 26.3 Å². The van der Waals surface area contributed by atoms with E-state index in [1.165, 1.54) is 29.5 Å². The number of halogens is 17. The Balaban J connectivity index is 0.000000295. The van der Waals surface area contributed by atoms with Crippen LogP contribution < -0.4 is 27.0 Å². The van der Waals surface area contributed by atoms with Crippen LogP contribution in [0.15, 0.2) is 115 Å². The molecule has 0 spiro atoms. The lowest BCUT2D eigenvalue weighted by atomic mass is 9.12. The molecular weight excluding hydrogens is 935 g/mol. The average molecular weight is 959 g/mol. The molecule has 0 atom stereocenters. The summed E-state index contributed by atoms with van der Waals surface area (Å²) in [6, 6.07) is 33.8. The van der Waals surface area contributed by atoms with Gasteiger partial charge in [0.2, 0.25) is 0 Å². The van der Waals surface area contributed by atoms with E-state index in [1.807, 2.05) is 0 Å². The largest absolute Gasteiger partial charge is 0.280 e. The van der Waals surface area contributed by atoms with Gasteiger partial charge in [-0.3, -0.25) is 0 Å². The van der Waals surface area contributed by atoms with Crippen LogP contribution in [0.25, 0.3) is 0 Å². The first-order valence-electron chi connectivity index (χ1n) is 18.5. The maximum absolute atomic E-state index is 15.6. The average Bonchev–Trinajstić information content (AvgIpc) is 3.31. The molecule has 0 N–H and O–H groups in total. The quantitative estimate of drug-likeness (QED) is 0.0257. The minimum atomic E-state index is -5.85. The lowest BCUT2D eigenvalue weighted by Gasteiger charge is -2.44. The molecule has 0 saturated carbocycles. The Kier molecular flexibility index (Phi) is 14.0. The summed E-state index contributed by atoms with van der Waals surface area (Å²) >= 11 is 12.4. The third-order valence-corrected chi connectivity index (χ3v) is 15.5. The molecule has 0 nitrogen and oxygen atoms in total. The van der Waals surface area contributed by atoms with Gasteiger partial charge in [0.1, 0.15) is 41.0 Å². The second kappa shape index (κ2) is 18.7. The molecule has 64 heavy (non-hydrogen) atoms. The summed E-state index contributed by atoms with van der Waals surface area (Å²) in [5.41, 5.74) is -5.88. The number of hydrogen-bond acceptors (Lipinski definition) is 0. The van der Waals surface area contributed by atoms with Gasteiger partial charge >= 0.3 is 0 Å². The Labute approximate surface area is 364 Å². The van der Waals surface area contributed by atoms with Gasteiger partial charge in [-0.15, -0.1) is 38.5 Å². The minimum Gasteiger partial charge on any atom is -0.207 e. The molecule has 19 heteroatoms. The summed E-state index contributed by atoms with van der Waals surface area (Å²) < 4.78 is 224. The molecule has 0 aliphatic heterocycles. The van der Waals surface area contributed by atoms with E-state index in [9.17, 15) is 39.5 Å². The molecule has 0 bridgehead atoms. The molecule has 0 fully saturated rings. The number of hydrogen-bond donors (Lipinski definition) is 0. The zero-order valence-electron chi connectivity index (χ0n) is 32.2. The van der Waals surface area contributed by atoms with Gasteiger partial charge in [0.25, 0.3) is 6.69 Å². The summed E-state index contributed by atoms with van der Waals surface area (Å²) in [6.07, 6.45) is -5.85. The Morgan fingerprint density at radius 2 is 0.594 bits per heavy atom. The van der Waals surface area contributed by atoms with Crippen molar-refractivity contribution in [1.82, 2.24) is 0 Å². The zero-order chi connectivity index (χ0) is 47.0. The molecule has 0 unspecified atom stereocenters. The Bertz CT molecular complexity index is 2500. The molecule has 7 aromatic rings. The maximum atomic E-state index is 15.6. The fourth-order valence-electron chi connectivity index (χ4n) is 7.47. The minimum absolute atomic E-state index is 0.00132. The molecule has 330 valence electrons. The summed E-state index contributed by atoms with van der Waals surface area (Å²) in [4.78, 5) is 0. The van der Waals surface area contributed by atoms with Gasteiger partial charge in [0.05, 0.1) is 22.6 Å². The van der Waals surface area contributed by atoms with Crippen LogP contribution >= 0.6 is 22.2 Å². The van der Waals surface area contributed by atoms with Gasteiger partial charge in [0.15, 0.2) is 52.4 Å². The van der Waals surface area contributed by atoms with E-state index < -0.39 is 122 Å². The maximum Gasteiger partial charge on any atom is 0.280 e. The van der Waals surface area contributed by atoms with E-state index in [4.69, 9.17) is 22.2 Å². The van der Waals surface area contributed by atoms with Gasteiger partial charge < -0.3 is 0 Å². The highest BCUT2D eigenvalue weighted by Gasteiger charge is 2.49. The summed E-state index contributed by atoms with van der Waals surface area (Å²) in [6.45, 7) is -2.07. The lowest BCUT2D eigenvalue weighted by molar-refractivity contribution is 0.380. The molecule has 0 heterocycles. The van der Waals surface area contributed by atoms with Crippen LogP contribution in [0, 0.1) is 93.2 Å². The lowest BCUT2D eigenvalue weighted by Crippen LogP contribution is -2.79. The van der Waals surface area contributed by atoms with E-state index in [1.54, 1.807) is 0 Å². The highest BCUT2D eigenvalue weighted by Crippen LogP contribution is 2.31. The molecular formula is C45H24BCl2F15Si. The monoisotopic (exact) mass is 958 g/mol. The molecule has 7 rings (SSSR count). The fourth-order valence-corrected chi connectivity index (χ4v) is 9.29. The van der Waals surface area contributed by atoms with Gasteiger partial charge in [-0.25, -0.2) is 65.9 Å². The molecule has 0 radical (unpaired) electrons. The summed E-state index contributed by atoms with van der Waals surface area (Å²) in [5, 5.41) is -0.103. The van der Waals surface area contributed by atoms with Crippen molar-refractivity contribution in [3.63, 3.8) is 0 Å². The first-order valence-corrected chi connectivity index (χ1v) is 22.7. The Hall–Kier alpha value is -5.78. The first kappa shape index (κ1) is 47.7. The predicted molar refractivity (Wildman–Crippen MR) is 217 cm³/mol. The Morgan fingerprint density at radius 1 is 0.359 bits per heavy atom. The van der Waals surface area contributed by atoms with E-state index in [0.29, 0.717) is 12.1 Å². The molecule has 0 aliphatic rings. The highest BCUT2D eigenvalue weighted by atomic mass is 35.7. The number of rotatable bonds is 9. The smallest absolute Gasteiger partial charge is 0.207 e. The van der Waals surface area contributed by atoms with E-state index in [2.05, 4.69) is 91.0 Å². The molecule has 0 aromatic heterocycles. The van der Waals surface area contributed by atoms with Crippen molar-refractivity contribution in [2.75, 3.05) is 0 Å². The van der Waals surface area contributed by atoms with Crippen LogP contribution in [0.3, 0.4) is 0 Å². The topological polar surface area (TPSA) is 0 Å². The van der Waals surface area contributed by atoms with Gasteiger partial charge in [0, 0.05) is 0 Å². The molecule has 0 amide bonds. The van der Waals surface area contributed by atoms with Crippen molar-refractivity contribution >= 4 is 62.0 Å². The van der Waals surface area contributed by atoms with Crippen LogP contribution in [-0.2, 0) is 0 Å². The SMILES string of the molecule is CC[Si](Cl)(Cl)c1ccc([B-](c2c(F)c(F)c(F)c(F)c2F)(c2c(F)c(F)c(F)c(F)c2F)c2c(F)c(F)c(F)c(F)c2F)cc1.c1ccc([C+](c2ccccc2)c2ccccc2)cc1. The van der Waals surface area contributed by atoms with Crippen molar-refractivity contribution < 1.29 is 65.9 Å². The summed E-state index contributed by atoms with van der Waals surface area (Å²) in [7, 11) is 0. The molecule has 0 aliphatic carbocycles. The predicted octanol–water partition coefficient (Wildman–Crippen LogP) is 11.0. The standard InChI is InChI=1S/C26H9BCl2F15Si.C19H15/c1-2-45(28,29)8-5-3-7(4-6-8)27(9-12(30)18(36)24(42)19(37)13(9)31,10-14(32)20(38)25(43)21(39)15(10)33)11-16(34)22(40)26(44)23(41)17(11)35;1-4-10-16(11-5-1)19(17-12-6-2-7-13-17)18-14-8-3-9-15-18/h3-6H,2H2,1H3;1-15H/q-1;+1. The van der Waals surface area contributed by atoms with Gasteiger partial charge in [-0.2, -0.15) is 5.46 Å². The fraction of sp³-hybridized carbons (Fsp3) is 0.0444. The van der Waals surface area contributed by atoms with E-state index in [0.717, 1.165) is 12.1 Å². The Morgan fingerprint density at radius 3 is 0.828 bits per heavy atom. The van der Waals surface area contributed by atoms with Crippen molar-refractivity contribution in [3.05, 3.63) is 225 Å². The zero-order valence-corrected chi connectivity index (χ0v) is 34.7. The molecule has 0 saturated heterocycles. The van der Waals surface area contributed by atoms with Crippen LogP contribution in [0.4, 0.5) is 65.9 Å². The van der Waals surface area contributed by atoms with Crippen molar-refractivity contribution in [2.24, 2.45) is 0 Å². The van der Waals surface area contributed by atoms with Crippen LogP contribution in [0.2, 0.25) is 6.04 Å². The van der Waals surface area contributed by atoms with E-state index in [-0.39, 0.29) is 11.2 Å². The van der Waals surface area contributed by atoms with Gasteiger partial charge in [-0.1, -0.05) is 49.4 Å². The summed E-state index contributed by atoms with van der Waals surface area (Å²) in [5.74, 6) is -44.7. The molecule has 7 aromatic carbocycles. The third kappa shape index (κ3) is 8.13. The third-order valence-electron chi connectivity index (χ3n) is 10.5. The van der Waals surface area contributed by atoms with Gasteiger partial charge in [-0.05, 0) is 84.0 Å². The van der Waals surface area contributed by atoms with Crippen LogP contribution in [0.5, 0.6) is 0 Å². The second-order valence-corrected chi connectivity index (χ2v) is 21.1. The van der Waals surface area contributed by atoms with Crippen LogP contribution in [-0.4, -0.2) is 12.8 Å². The van der Waals surface area contributed by atoms with Crippen molar-refractivity contribution in [3.8, 4) is 0 Å². The number of benzene rings is 7. The van der Waals surface area contributed by atoms with Crippen LogP contribution in [0.1, 0.15) is 23.6 Å². The first-order chi connectivity index (χ1) is 30.2. The van der Waals surface area contributed by atoms with Crippen molar-refractivity contribution in [2.45, 2.75) is 13.0 Å².